The summed E-state index contributed by atoms with van der Waals surface area (Å²) in [7, 11) is 2.79. The zero-order valence-corrected chi connectivity index (χ0v) is 12.8. The number of carbonyl (C=O) groups excluding carboxylic acids is 2. The highest BCUT2D eigenvalue weighted by Gasteiger charge is 2.26. The van der Waals surface area contributed by atoms with Crippen molar-refractivity contribution < 1.29 is 19.1 Å². The van der Waals surface area contributed by atoms with Crippen molar-refractivity contribution in [3.05, 3.63) is 65.4 Å². The summed E-state index contributed by atoms with van der Waals surface area (Å²) in [6, 6.07) is 14.2. The van der Waals surface area contributed by atoms with E-state index in [0.29, 0.717) is 22.2 Å². The summed E-state index contributed by atoms with van der Waals surface area (Å²) >= 11 is 0. The first-order valence-electron chi connectivity index (χ1n) is 7.04. The van der Waals surface area contributed by atoms with Gasteiger partial charge < -0.3 is 14.5 Å². The van der Waals surface area contributed by atoms with Gasteiger partial charge in [-0.3, -0.25) is 4.79 Å². The summed E-state index contributed by atoms with van der Waals surface area (Å²) in [4.78, 5) is 28.1. The molecule has 1 N–H and O–H groups in total. The maximum atomic E-state index is 13.0. The van der Waals surface area contributed by atoms with Crippen molar-refractivity contribution >= 4 is 22.7 Å². The number of benzene rings is 2. The van der Waals surface area contributed by atoms with Crippen molar-refractivity contribution in [1.82, 2.24) is 4.98 Å². The van der Waals surface area contributed by atoms with Gasteiger partial charge in [-0.15, -0.1) is 0 Å². The second kappa shape index (κ2) is 5.96. The molecule has 0 aliphatic rings. The third kappa shape index (κ3) is 2.46. The van der Waals surface area contributed by atoms with Gasteiger partial charge in [0, 0.05) is 10.9 Å². The zero-order chi connectivity index (χ0) is 16.4. The van der Waals surface area contributed by atoms with Crippen LogP contribution in [0, 0.1) is 0 Å². The summed E-state index contributed by atoms with van der Waals surface area (Å²) in [5.41, 5.74) is 1.53. The number of para-hydroxylation sites is 2. The molecular weight excluding hydrogens is 294 g/mol. The Kier molecular flexibility index (Phi) is 3.85. The Bertz CT molecular complexity index is 895. The highest BCUT2D eigenvalue weighted by Crippen LogP contribution is 2.28. The van der Waals surface area contributed by atoms with Gasteiger partial charge in [0.25, 0.3) is 0 Å². The third-order valence-corrected chi connectivity index (χ3v) is 3.67. The minimum atomic E-state index is -0.584. The number of hydrogen-bond donors (Lipinski definition) is 1. The van der Waals surface area contributed by atoms with E-state index < -0.39 is 5.97 Å². The number of carbonyl (C=O) groups is 2. The summed E-state index contributed by atoms with van der Waals surface area (Å²) in [6.07, 6.45) is 0. The highest BCUT2D eigenvalue weighted by atomic mass is 16.5. The largest absolute Gasteiger partial charge is 0.496 e. The lowest BCUT2D eigenvalue weighted by molar-refractivity contribution is 0.0592. The average molecular weight is 309 g/mol. The van der Waals surface area contributed by atoms with Crippen LogP contribution in [0.15, 0.2) is 48.5 Å². The van der Waals surface area contributed by atoms with Crippen LogP contribution in [-0.2, 0) is 4.74 Å². The van der Waals surface area contributed by atoms with Gasteiger partial charge in [-0.05, 0) is 18.2 Å². The van der Waals surface area contributed by atoms with E-state index in [9.17, 15) is 9.59 Å². The van der Waals surface area contributed by atoms with Gasteiger partial charge in [0.15, 0.2) is 5.78 Å². The number of esters is 1. The van der Waals surface area contributed by atoms with E-state index in [2.05, 4.69) is 4.98 Å². The Hall–Kier alpha value is -3.08. The van der Waals surface area contributed by atoms with Gasteiger partial charge in [0.2, 0.25) is 0 Å². The molecule has 0 atom stereocenters. The molecule has 0 radical (unpaired) electrons. The molecule has 0 amide bonds. The molecule has 0 saturated heterocycles. The summed E-state index contributed by atoms with van der Waals surface area (Å²) in [5.74, 6) is -0.418. The predicted octanol–water partition coefficient (Wildman–Crippen LogP) is 3.19. The molecule has 0 spiro atoms. The van der Waals surface area contributed by atoms with Crippen LogP contribution in [0.4, 0.5) is 0 Å². The van der Waals surface area contributed by atoms with Gasteiger partial charge in [0.1, 0.15) is 11.4 Å². The minimum absolute atomic E-state index is 0.143. The number of ketones is 1. The van der Waals surface area contributed by atoms with Crippen LogP contribution in [-0.4, -0.2) is 31.0 Å². The topological polar surface area (TPSA) is 68.4 Å². The Morgan fingerprint density at radius 3 is 2.39 bits per heavy atom. The van der Waals surface area contributed by atoms with E-state index in [1.807, 2.05) is 12.1 Å². The Morgan fingerprint density at radius 2 is 1.65 bits per heavy atom. The molecule has 1 aromatic heterocycles. The lowest BCUT2D eigenvalue weighted by Crippen LogP contribution is -2.11. The molecule has 0 aliphatic heterocycles. The normalized spacial score (nSPS) is 10.5. The Labute approximate surface area is 132 Å². The van der Waals surface area contributed by atoms with Crippen LogP contribution in [0.5, 0.6) is 5.75 Å². The van der Waals surface area contributed by atoms with E-state index in [4.69, 9.17) is 9.47 Å². The molecule has 3 rings (SSSR count). The third-order valence-electron chi connectivity index (χ3n) is 3.67. The van der Waals surface area contributed by atoms with Gasteiger partial charge >= 0.3 is 5.97 Å². The van der Waals surface area contributed by atoms with E-state index in [1.54, 1.807) is 36.4 Å². The molecule has 23 heavy (non-hydrogen) atoms. The van der Waals surface area contributed by atoms with Crippen LogP contribution in [0.3, 0.4) is 0 Å². The molecule has 1 heterocycles. The van der Waals surface area contributed by atoms with Gasteiger partial charge in [0.05, 0.1) is 25.3 Å². The van der Waals surface area contributed by atoms with Crippen molar-refractivity contribution in [2.45, 2.75) is 0 Å². The number of methoxy groups -OCH3 is 2. The van der Waals surface area contributed by atoms with E-state index in [1.165, 1.54) is 14.2 Å². The quantitative estimate of drug-likeness (QED) is 0.593. The van der Waals surface area contributed by atoms with Crippen molar-refractivity contribution in [2.24, 2.45) is 0 Å². The standard InChI is InChI=1S/C18H15NO4/c1-22-14-10-6-4-8-12(14)17(20)15-11-7-3-5-9-13(11)19-16(15)18(21)23-2/h3-10,19H,1-2H3. The molecule has 0 bridgehead atoms. The molecule has 116 valence electrons. The second-order valence-corrected chi connectivity index (χ2v) is 4.94. The molecule has 5 nitrogen and oxygen atoms in total. The highest BCUT2D eigenvalue weighted by molar-refractivity contribution is 6.22. The van der Waals surface area contributed by atoms with Crippen molar-refractivity contribution in [3.63, 3.8) is 0 Å². The van der Waals surface area contributed by atoms with Crippen LogP contribution in [0.2, 0.25) is 0 Å². The van der Waals surface area contributed by atoms with E-state index in [-0.39, 0.29) is 17.0 Å². The summed E-state index contributed by atoms with van der Waals surface area (Å²) < 4.78 is 10.1. The Morgan fingerprint density at radius 1 is 0.957 bits per heavy atom. The minimum Gasteiger partial charge on any atom is -0.496 e. The fourth-order valence-electron chi connectivity index (χ4n) is 2.60. The maximum absolute atomic E-state index is 13.0. The first kappa shape index (κ1) is 14.8. The zero-order valence-electron chi connectivity index (χ0n) is 12.8. The fourth-order valence-corrected chi connectivity index (χ4v) is 2.60. The van der Waals surface area contributed by atoms with Crippen LogP contribution in [0.1, 0.15) is 26.4 Å². The van der Waals surface area contributed by atoms with Gasteiger partial charge in [-0.1, -0.05) is 30.3 Å². The molecule has 0 fully saturated rings. The number of aromatic amines is 1. The molecule has 0 aliphatic carbocycles. The lowest BCUT2D eigenvalue weighted by Gasteiger charge is -2.08. The maximum Gasteiger partial charge on any atom is 0.355 e. The first-order chi connectivity index (χ1) is 11.2. The number of aromatic nitrogens is 1. The number of H-pyrrole nitrogens is 1. The first-order valence-corrected chi connectivity index (χ1v) is 7.04. The number of rotatable bonds is 4. The summed E-state index contributed by atoms with van der Waals surface area (Å²) in [6.45, 7) is 0. The number of nitrogens with one attached hydrogen (secondary N) is 1. The van der Waals surface area contributed by atoms with E-state index in [0.717, 1.165) is 0 Å². The molecule has 5 heteroatoms. The number of hydrogen-bond acceptors (Lipinski definition) is 4. The summed E-state index contributed by atoms with van der Waals surface area (Å²) in [5, 5.41) is 0.670. The second-order valence-electron chi connectivity index (χ2n) is 4.94. The van der Waals surface area contributed by atoms with E-state index >= 15 is 0 Å². The SMILES string of the molecule is COC(=O)c1[nH]c2ccccc2c1C(=O)c1ccccc1OC. The van der Waals surface area contributed by atoms with Crippen molar-refractivity contribution in [1.29, 1.82) is 0 Å². The molecule has 2 aromatic carbocycles. The van der Waals surface area contributed by atoms with Crippen molar-refractivity contribution in [3.8, 4) is 5.75 Å². The Balaban J connectivity index is 2.25. The monoisotopic (exact) mass is 309 g/mol. The number of ether oxygens (including phenoxy) is 2. The van der Waals surface area contributed by atoms with Crippen LogP contribution < -0.4 is 4.74 Å². The lowest BCUT2D eigenvalue weighted by atomic mass is 9.99. The number of fused-ring (bicyclic) bond motifs is 1. The van der Waals surface area contributed by atoms with Crippen LogP contribution in [0.25, 0.3) is 10.9 Å². The van der Waals surface area contributed by atoms with Gasteiger partial charge in [-0.25, -0.2) is 4.79 Å². The molecular formula is C18H15NO4. The van der Waals surface area contributed by atoms with Crippen molar-refractivity contribution in [2.75, 3.05) is 14.2 Å². The fraction of sp³-hybridized carbons (Fsp3) is 0.111. The van der Waals surface area contributed by atoms with Crippen LogP contribution >= 0.6 is 0 Å². The van der Waals surface area contributed by atoms with Gasteiger partial charge in [-0.2, -0.15) is 0 Å². The molecule has 0 saturated carbocycles. The predicted molar refractivity (Wildman–Crippen MR) is 86.1 cm³/mol. The smallest absolute Gasteiger partial charge is 0.355 e. The molecule has 0 unspecified atom stereocenters. The molecule has 3 aromatic rings. The average Bonchev–Trinajstić information content (AvgIpc) is 2.99.